The standard InChI is InChI=1S/C20H26N4O2S/c1-2-27(25,26)23-18-8-5-16(6-9-18)15-22-19-10-7-17(14-21)20(13-19)24-11-3-4-12-24/h3-4,7,10-13,16,18,22-23H,2,5-6,8-9,15H2,1H3. The number of nitrogens with one attached hydrogen (secondary N) is 2. The SMILES string of the molecule is CCS(=O)(=O)NC1CCC(CNc2ccc(C#N)c(-n3cccc3)c2)CC1. The molecule has 0 bridgehead atoms. The molecule has 0 radical (unpaired) electrons. The lowest BCUT2D eigenvalue weighted by Gasteiger charge is -2.29. The molecule has 1 fully saturated rings. The van der Waals surface area contributed by atoms with E-state index < -0.39 is 10.0 Å². The van der Waals surface area contributed by atoms with E-state index in [1.54, 1.807) is 6.92 Å². The Morgan fingerprint density at radius 1 is 1.19 bits per heavy atom. The van der Waals surface area contributed by atoms with Gasteiger partial charge in [0, 0.05) is 30.7 Å². The zero-order chi connectivity index (χ0) is 19.3. The van der Waals surface area contributed by atoms with Crippen LogP contribution in [0.25, 0.3) is 5.69 Å². The van der Waals surface area contributed by atoms with Crippen molar-refractivity contribution in [3.05, 3.63) is 48.3 Å². The molecule has 1 aromatic heterocycles. The molecule has 0 spiro atoms. The number of aromatic nitrogens is 1. The van der Waals surface area contributed by atoms with Gasteiger partial charge >= 0.3 is 0 Å². The fourth-order valence-corrected chi connectivity index (χ4v) is 4.44. The zero-order valence-corrected chi connectivity index (χ0v) is 16.4. The second-order valence-electron chi connectivity index (χ2n) is 7.05. The van der Waals surface area contributed by atoms with E-state index in [1.165, 1.54) is 0 Å². The van der Waals surface area contributed by atoms with Gasteiger partial charge in [0.1, 0.15) is 6.07 Å². The van der Waals surface area contributed by atoms with Gasteiger partial charge in [0.05, 0.1) is 17.0 Å². The summed E-state index contributed by atoms with van der Waals surface area (Å²) in [5, 5.41) is 12.8. The first-order valence-corrected chi connectivity index (χ1v) is 11.1. The van der Waals surface area contributed by atoms with Crippen molar-refractivity contribution < 1.29 is 8.42 Å². The molecule has 0 saturated heterocycles. The predicted octanol–water partition coefficient (Wildman–Crippen LogP) is 3.26. The smallest absolute Gasteiger partial charge is 0.211 e. The van der Waals surface area contributed by atoms with Gasteiger partial charge in [-0.1, -0.05) is 0 Å². The normalized spacial score (nSPS) is 20.1. The summed E-state index contributed by atoms with van der Waals surface area (Å²) >= 11 is 0. The van der Waals surface area contributed by atoms with Crippen molar-refractivity contribution in [1.29, 1.82) is 5.26 Å². The molecular weight excluding hydrogens is 360 g/mol. The molecule has 1 aliphatic carbocycles. The van der Waals surface area contributed by atoms with E-state index >= 15 is 0 Å². The fourth-order valence-electron chi connectivity index (χ4n) is 3.53. The van der Waals surface area contributed by atoms with E-state index in [-0.39, 0.29) is 11.8 Å². The Morgan fingerprint density at radius 2 is 1.89 bits per heavy atom. The van der Waals surface area contributed by atoms with Crippen LogP contribution in [0.5, 0.6) is 0 Å². The first-order valence-electron chi connectivity index (χ1n) is 9.42. The average molecular weight is 387 g/mol. The Labute approximate surface area is 161 Å². The Balaban J connectivity index is 1.56. The van der Waals surface area contributed by atoms with E-state index in [0.29, 0.717) is 11.5 Å². The summed E-state index contributed by atoms with van der Waals surface area (Å²) in [6, 6.07) is 12.0. The summed E-state index contributed by atoms with van der Waals surface area (Å²) in [6.07, 6.45) is 7.63. The van der Waals surface area contributed by atoms with Crippen LogP contribution >= 0.6 is 0 Å². The van der Waals surface area contributed by atoms with Crippen LogP contribution in [0.2, 0.25) is 0 Å². The first-order chi connectivity index (χ1) is 13.0. The Morgan fingerprint density at radius 3 is 2.52 bits per heavy atom. The molecule has 27 heavy (non-hydrogen) atoms. The first kappa shape index (κ1) is 19.5. The number of anilines is 1. The summed E-state index contributed by atoms with van der Waals surface area (Å²) in [5.41, 5.74) is 2.50. The van der Waals surface area contributed by atoms with Gasteiger partial charge in [-0.05, 0) is 68.9 Å². The summed E-state index contributed by atoms with van der Waals surface area (Å²) in [5.74, 6) is 0.662. The second kappa shape index (κ2) is 8.59. The van der Waals surface area contributed by atoms with Gasteiger partial charge in [-0.2, -0.15) is 5.26 Å². The van der Waals surface area contributed by atoms with Crippen LogP contribution in [0.4, 0.5) is 5.69 Å². The molecule has 1 aliphatic rings. The Kier molecular flexibility index (Phi) is 6.19. The number of hydrogen-bond acceptors (Lipinski definition) is 4. The molecule has 1 aromatic carbocycles. The van der Waals surface area contributed by atoms with E-state index in [1.807, 2.05) is 47.3 Å². The maximum Gasteiger partial charge on any atom is 0.211 e. The highest BCUT2D eigenvalue weighted by molar-refractivity contribution is 7.89. The van der Waals surface area contributed by atoms with Gasteiger partial charge < -0.3 is 9.88 Å². The summed E-state index contributed by atoms with van der Waals surface area (Å²) in [4.78, 5) is 0. The number of sulfonamides is 1. The molecule has 6 nitrogen and oxygen atoms in total. The maximum absolute atomic E-state index is 11.7. The quantitative estimate of drug-likeness (QED) is 0.765. The van der Waals surface area contributed by atoms with Crippen LogP contribution in [0, 0.1) is 17.2 Å². The topological polar surface area (TPSA) is 86.9 Å². The molecule has 0 atom stereocenters. The molecular formula is C20H26N4O2S. The molecule has 7 heteroatoms. The van der Waals surface area contributed by atoms with Crippen LogP contribution in [0.1, 0.15) is 38.2 Å². The molecule has 0 unspecified atom stereocenters. The lowest BCUT2D eigenvalue weighted by molar-refractivity contribution is 0.324. The van der Waals surface area contributed by atoms with Crippen molar-refractivity contribution in [2.75, 3.05) is 17.6 Å². The Bertz CT molecular complexity index is 893. The van der Waals surface area contributed by atoms with Gasteiger partial charge in [0.25, 0.3) is 0 Å². The Hall–Kier alpha value is -2.30. The van der Waals surface area contributed by atoms with Crippen LogP contribution in [0.3, 0.4) is 0 Å². The molecule has 3 rings (SSSR count). The highest BCUT2D eigenvalue weighted by Gasteiger charge is 2.24. The van der Waals surface area contributed by atoms with E-state index in [2.05, 4.69) is 16.1 Å². The van der Waals surface area contributed by atoms with Crippen LogP contribution in [-0.2, 0) is 10.0 Å². The highest BCUT2D eigenvalue weighted by atomic mass is 32.2. The molecule has 1 heterocycles. The predicted molar refractivity (Wildman–Crippen MR) is 107 cm³/mol. The van der Waals surface area contributed by atoms with Gasteiger partial charge in [-0.25, -0.2) is 13.1 Å². The number of benzene rings is 1. The van der Waals surface area contributed by atoms with Gasteiger partial charge in [-0.3, -0.25) is 0 Å². The third-order valence-corrected chi connectivity index (χ3v) is 6.62. The highest BCUT2D eigenvalue weighted by Crippen LogP contribution is 2.26. The maximum atomic E-state index is 11.7. The van der Waals surface area contributed by atoms with Crippen molar-refractivity contribution in [2.24, 2.45) is 5.92 Å². The number of rotatable bonds is 7. The molecule has 1 saturated carbocycles. The van der Waals surface area contributed by atoms with Gasteiger partial charge in [-0.15, -0.1) is 0 Å². The van der Waals surface area contributed by atoms with E-state index in [0.717, 1.165) is 43.6 Å². The van der Waals surface area contributed by atoms with Gasteiger partial charge in [0.15, 0.2) is 0 Å². The van der Waals surface area contributed by atoms with Crippen LogP contribution in [0.15, 0.2) is 42.7 Å². The van der Waals surface area contributed by atoms with E-state index in [9.17, 15) is 13.7 Å². The number of nitriles is 1. The van der Waals surface area contributed by atoms with Crippen LogP contribution < -0.4 is 10.0 Å². The second-order valence-corrected chi connectivity index (χ2v) is 9.10. The van der Waals surface area contributed by atoms with Crippen molar-refractivity contribution in [2.45, 2.75) is 38.6 Å². The van der Waals surface area contributed by atoms with Crippen molar-refractivity contribution in [3.8, 4) is 11.8 Å². The lowest BCUT2D eigenvalue weighted by Crippen LogP contribution is -2.39. The molecule has 2 N–H and O–H groups in total. The minimum atomic E-state index is -3.12. The van der Waals surface area contributed by atoms with Crippen LogP contribution in [-0.4, -0.2) is 31.3 Å². The third-order valence-electron chi connectivity index (χ3n) is 5.17. The van der Waals surface area contributed by atoms with Crippen molar-refractivity contribution >= 4 is 15.7 Å². The monoisotopic (exact) mass is 386 g/mol. The largest absolute Gasteiger partial charge is 0.385 e. The summed E-state index contributed by atoms with van der Waals surface area (Å²) in [6.45, 7) is 2.52. The summed E-state index contributed by atoms with van der Waals surface area (Å²) < 4.78 is 28.1. The fraction of sp³-hybridized carbons (Fsp3) is 0.450. The number of nitrogens with zero attached hydrogens (tertiary/aromatic N) is 2. The minimum Gasteiger partial charge on any atom is -0.385 e. The average Bonchev–Trinajstić information content (AvgIpc) is 3.21. The molecule has 0 aliphatic heterocycles. The van der Waals surface area contributed by atoms with E-state index in [4.69, 9.17) is 0 Å². The molecule has 0 amide bonds. The van der Waals surface area contributed by atoms with Crippen molar-refractivity contribution in [3.63, 3.8) is 0 Å². The molecule has 2 aromatic rings. The van der Waals surface area contributed by atoms with Gasteiger partial charge in [0.2, 0.25) is 10.0 Å². The molecule has 144 valence electrons. The lowest BCUT2D eigenvalue weighted by atomic mass is 9.86. The van der Waals surface area contributed by atoms with Crippen molar-refractivity contribution in [1.82, 2.24) is 9.29 Å². The minimum absolute atomic E-state index is 0.0708. The zero-order valence-electron chi connectivity index (χ0n) is 15.6. The number of hydrogen-bond donors (Lipinski definition) is 2. The third kappa shape index (κ3) is 5.12. The summed E-state index contributed by atoms with van der Waals surface area (Å²) in [7, 11) is -3.12.